The van der Waals surface area contributed by atoms with E-state index in [2.05, 4.69) is 29.8 Å². The Balaban J connectivity index is 1.98. The van der Waals surface area contributed by atoms with Crippen molar-refractivity contribution in [3.63, 3.8) is 0 Å². The summed E-state index contributed by atoms with van der Waals surface area (Å²) in [5.41, 5.74) is 2.83. The molecule has 0 aliphatic carbocycles. The van der Waals surface area contributed by atoms with Crippen LogP contribution in [0, 0.1) is 5.92 Å². The van der Waals surface area contributed by atoms with Crippen LogP contribution >= 0.6 is 0 Å². The lowest BCUT2D eigenvalue weighted by Gasteiger charge is -2.14. The molecule has 0 bridgehead atoms. The quantitative estimate of drug-likeness (QED) is 0.640. The van der Waals surface area contributed by atoms with Crippen LogP contribution in [0.5, 0.6) is 5.75 Å². The van der Waals surface area contributed by atoms with Gasteiger partial charge in [-0.3, -0.25) is 4.79 Å². The summed E-state index contributed by atoms with van der Waals surface area (Å²) in [5, 5.41) is 3.99. The number of ether oxygens (including phenoxy) is 1. The molecule has 0 aliphatic rings. The monoisotopic (exact) mass is 364 g/mol. The molecule has 1 amide bonds. The van der Waals surface area contributed by atoms with Crippen molar-refractivity contribution in [1.82, 2.24) is 9.88 Å². The number of amides is 1. The third-order valence-corrected chi connectivity index (χ3v) is 4.34. The molecule has 0 spiro atoms. The van der Waals surface area contributed by atoms with Crippen molar-refractivity contribution in [2.24, 2.45) is 5.92 Å². The Labute approximate surface area is 161 Å². The van der Waals surface area contributed by atoms with Gasteiger partial charge in [0.1, 0.15) is 18.1 Å². The molecule has 0 saturated carbocycles. The number of aromatic nitrogens is 1. The molecule has 0 aliphatic heterocycles. The van der Waals surface area contributed by atoms with Gasteiger partial charge in [0.25, 0.3) is 5.91 Å². The second kappa shape index (κ2) is 8.30. The zero-order valence-electron chi connectivity index (χ0n) is 16.5. The Morgan fingerprint density at radius 1 is 1.04 bits per heavy atom. The van der Waals surface area contributed by atoms with Crippen LogP contribution in [0.2, 0.25) is 0 Å². The highest BCUT2D eigenvalue weighted by Gasteiger charge is 2.19. The van der Waals surface area contributed by atoms with Crippen LogP contribution in [0.15, 0.2) is 54.6 Å². The summed E-state index contributed by atoms with van der Waals surface area (Å²) in [4.78, 5) is 12.7. The smallest absolute Gasteiger partial charge is 0.268 e. The molecule has 0 fully saturated rings. The number of rotatable bonds is 7. The van der Waals surface area contributed by atoms with Gasteiger partial charge in [0, 0.05) is 18.0 Å². The molecule has 1 heterocycles. The summed E-state index contributed by atoms with van der Waals surface area (Å²) in [6.45, 7) is 9.55. The van der Waals surface area contributed by atoms with Gasteiger partial charge in [0.15, 0.2) is 0 Å². The minimum absolute atomic E-state index is 0.0455. The van der Waals surface area contributed by atoms with Gasteiger partial charge in [0.05, 0.1) is 5.52 Å². The molecule has 0 saturated heterocycles. The maximum absolute atomic E-state index is 12.7. The molecule has 1 N–H and O–H groups in total. The summed E-state index contributed by atoms with van der Waals surface area (Å²) in [5.74, 6) is 1.19. The number of hydrogen-bond donors (Lipinski definition) is 1. The normalized spacial score (nSPS) is 11.3. The SMILES string of the molecule is CC(C)Cn1c(C(=O)NC(C)C)cc2c(OCc3ccccc3)cccc21. The Morgan fingerprint density at radius 2 is 1.78 bits per heavy atom. The van der Waals surface area contributed by atoms with E-state index >= 15 is 0 Å². The number of hydrogen-bond acceptors (Lipinski definition) is 2. The van der Waals surface area contributed by atoms with Crippen LogP contribution in [-0.2, 0) is 13.2 Å². The van der Waals surface area contributed by atoms with E-state index in [9.17, 15) is 4.79 Å². The molecule has 0 unspecified atom stereocenters. The minimum Gasteiger partial charge on any atom is -0.488 e. The van der Waals surface area contributed by atoms with Gasteiger partial charge >= 0.3 is 0 Å². The first-order valence-corrected chi connectivity index (χ1v) is 9.55. The van der Waals surface area contributed by atoms with Crippen molar-refractivity contribution >= 4 is 16.8 Å². The van der Waals surface area contributed by atoms with Crippen molar-refractivity contribution in [2.45, 2.75) is 46.9 Å². The Morgan fingerprint density at radius 3 is 2.44 bits per heavy atom. The molecule has 1 aromatic heterocycles. The molecule has 4 heteroatoms. The predicted molar refractivity (Wildman–Crippen MR) is 110 cm³/mol. The Kier molecular flexibility index (Phi) is 5.84. The highest BCUT2D eigenvalue weighted by atomic mass is 16.5. The number of nitrogens with one attached hydrogen (secondary N) is 1. The summed E-state index contributed by atoms with van der Waals surface area (Å²) >= 11 is 0. The maximum atomic E-state index is 12.7. The molecule has 3 rings (SSSR count). The van der Waals surface area contributed by atoms with E-state index in [0.29, 0.717) is 18.2 Å². The van der Waals surface area contributed by atoms with E-state index in [1.54, 1.807) is 0 Å². The molecule has 2 aromatic carbocycles. The summed E-state index contributed by atoms with van der Waals surface area (Å²) < 4.78 is 8.20. The Hall–Kier alpha value is -2.75. The lowest BCUT2D eigenvalue weighted by atomic mass is 10.2. The van der Waals surface area contributed by atoms with Crippen LogP contribution in [0.4, 0.5) is 0 Å². The van der Waals surface area contributed by atoms with E-state index in [0.717, 1.165) is 28.8 Å². The van der Waals surface area contributed by atoms with Gasteiger partial charge < -0.3 is 14.6 Å². The molecular formula is C23H28N2O2. The molecule has 142 valence electrons. The predicted octanol–water partition coefficient (Wildman–Crippen LogP) is 5.01. The first kappa shape index (κ1) is 19.0. The van der Waals surface area contributed by atoms with Gasteiger partial charge in [-0.15, -0.1) is 0 Å². The van der Waals surface area contributed by atoms with Crippen molar-refractivity contribution < 1.29 is 9.53 Å². The Bertz CT molecular complexity index is 911. The van der Waals surface area contributed by atoms with Crippen molar-refractivity contribution in [1.29, 1.82) is 0 Å². The fourth-order valence-electron chi connectivity index (χ4n) is 3.20. The summed E-state index contributed by atoms with van der Waals surface area (Å²) in [6.07, 6.45) is 0. The number of carbonyl (C=O) groups excluding carboxylic acids is 1. The van der Waals surface area contributed by atoms with E-state index in [4.69, 9.17) is 4.74 Å². The molecular weight excluding hydrogens is 336 g/mol. The highest BCUT2D eigenvalue weighted by molar-refractivity contribution is 6.00. The molecule has 0 radical (unpaired) electrons. The third-order valence-electron chi connectivity index (χ3n) is 4.34. The molecule has 27 heavy (non-hydrogen) atoms. The first-order chi connectivity index (χ1) is 13.0. The van der Waals surface area contributed by atoms with Gasteiger partial charge in [-0.05, 0) is 43.5 Å². The van der Waals surface area contributed by atoms with Crippen molar-refractivity contribution in [3.8, 4) is 5.75 Å². The number of carbonyl (C=O) groups is 1. The summed E-state index contributed by atoms with van der Waals surface area (Å²) in [7, 11) is 0. The van der Waals surface area contributed by atoms with Gasteiger partial charge in [-0.25, -0.2) is 0 Å². The lowest BCUT2D eigenvalue weighted by molar-refractivity contribution is 0.0933. The molecule has 4 nitrogen and oxygen atoms in total. The second-order valence-corrected chi connectivity index (χ2v) is 7.63. The second-order valence-electron chi connectivity index (χ2n) is 7.63. The maximum Gasteiger partial charge on any atom is 0.268 e. The average Bonchev–Trinajstić information content (AvgIpc) is 2.99. The van der Waals surface area contributed by atoms with Crippen LogP contribution in [-0.4, -0.2) is 16.5 Å². The standard InChI is InChI=1S/C23H28N2O2/c1-16(2)14-25-20-11-8-12-22(27-15-18-9-6-5-7-10-18)19(20)13-21(25)23(26)24-17(3)4/h5-13,16-17H,14-15H2,1-4H3,(H,24,26). The van der Waals surface area contributed by atoms with Crippen LogP contribution in [0.25, 0.3) is 10.9 Å². The number of nitrogens with zero attached hydrogens (tertiary/aromatic N) is 1. The number of benzene rings is 2. The largest absolute Gasteiger partial charge is 0.488 e. The molecule has 3 aromatic rings. The topological polar surface area (TPSA) is 43.3 Å². The summed E-state index contributed by atoms with van der Waals surface area (Å²) in [6, 6.07) is 18.2. The van der Waals surface area contributed by atoms with Gasteiger partial charge in [0.2, 0.25) is 0 Å². The average molecular weight is 364 g/mol. The van der Waals surface area contributed by atoms with E-state index in [-0.39, 0.29) is 11.9 Å². The van der Waals surface area contributed by atoms with Crippen LogP contribution in [0.3, 0.4) is 0 Å². The van der Waals surface area contributed by atoms with Crippen molar-refractivity contribution in [3.05, 3.63) is 65.9 Å². The van der Waals surface area contributed by atoms with E-state index in [1.807, 2.05) is 62.4 Å². The lowest BCUT2D eigenvalue weighted by Crippen LogP contribution is -2.32. The highest BCUT2D eigenvalue weighted by Crippen LogP contribution is 2.30. The minimum atomic E-state index is -0.0455. The van der Waals surface area contributed by atoms with E-state index < -0.39 is 0 Å². The zero-order valence-corrected chi connectivity index (χ0v) is 16.5. The zero-order chi connectivity index (χ0) is 19.4. The van der Waals surface area contributed by atoms with E-state index in [1.165, 1.54) is 0 Å². The van der Waals surface area contributed by atoms with Gasteiger partial charge in [-0.2, -0.15) is 0 Å². The van der Waals surface area contributed by atoms with Crippen LogP contribution < -0.4 is 10.1 Å². The van der Waals surface area contributed by atoms with Gasteiger partial charge in [-0.1, -0.05) is 50.2 Å². The fourth-order valence-corrected chi connectivity index (χ4v) is 3.20. The van der Waals surface area contributed by atoms with Crippen molar-refractivity contribution in [2.75, 3.05) is 0 Å². The molecule has 0 atom stereocenters. The first-order valence-electron chi connectivity index (χ1n) is 9.55. The number of fused-ring (bicyclic) bond motifs is 1. The van der Waals surface area contributed by atoms with Crippen LogP contribution in [0.1, 0.15) is 43.7 Å². The third kappa shape index (κ3) is 4.51. The fraction of sp³-hybridized carbons (Fsp3) is 0.348.